The number of hydrogen-bond donors (Lipinski definition) is 1. The maximum atomic E-state index is 5.75. The van der Waals surface area contributed by atoms with Crippen LogP contribution in [0.2, 0.25) is 0 Å². The summed E-state index contributed by atoms with van der Waals surface area (Å²) in [5.41, 5.74) is 1.16. The monoisotopic (exact) mass is 271 g/mol. The SMILES string of the molecule is CNCC(C)Oc1ccc(OCc2ccccc2)cc1. The van der Waals surface area contributed by atoms with Gasteiger partial charge < -0.3 is 14.8 Å². The Balaban J connectivity index is 1.85. The van der Waals surface area contributed by atoms with Crippen LogP contribution in [0.4, 0.5) is 0 Å². The molecule has 0 saturated carbocycles. The van der Waals surface area contributed by atoms with Gasteiger partial charge in [0.2, 0.25) is 0 Å². The van der Waals surface area contributed by atoms with Crippen LogP contribution in [0.15, 0.2) is 54.6 Å². The van der Waals surface area contributed by atoms with Gasteiger partial charge in [-0.15, -0.1) is 0 Å². The zero-order chi connectivity index (χ0) is 14.2. The highest BCUT2D eigenvalue weighted by molar-refractivity contribution is 5.31. The fraction of sp³-hybridized carbons (Fsp3) is 0.294. The Morgan fingerprint density at radius 2 is 1.60 bits per heavy atom. The van der Waals surface area contributed by atoms with E-state index in [0.717, 1.165) is 23.6 Å². The first-order chi connectivity index (χ1) is 9.78. The molecule has 0 spiro atoms. The predicted octanol–water partition coefficient (Wildman–Crippen LogP) is 3.25. The minimum absolute atomic E-state index is 0.149. The molecule has 0 saturated heterocycles. The van der Waals surface area contributed by atoms with Gasteiger partial charge in [-0.3, -0.25) is 0 Å². The lowest BCUT2D eigenvalue weighted by Gasteiger charge is -2.14. The zero-order valence-corrected chi connectivity index (χ0v) is 12.0. The Hall–Kier alpha value is -2.00. The van der Waals surface area contributed by atoms with Gasteiger partial charge in [0.05, 0.1) is 0 Å². The van der Waals surface area contributed by atoms with E-state index in [0.29, 0.717) is 6.61 Å². The summed E-state index contributed by atoms with van der Waals surface area (Å²) in [5, 5.41) is 3.09. The number of likely N-dealkylation sites (N-methyl/N-ethyl adjacent to an activating group) is 1. The summed E-state index contributed by atoms with van der Waals surface area (Å²) in [5.74, 6) is 1.71. The Morgan fingerprint density at radius 1 is 0.950 bits per heavy atom. The molecule has 0 amide bonds. The van der Waals surface area contributed by atoms with E-state index in [1.165, 1.54) is 0 Å². The molecule has 1 atom stereocenters. The molecule has 1 N–H and O–H groups in total. The minimum Gasteiger partial charge on any atom is -0.489 e. The van der Waals surface area contributed by atoms with Crippen molar-refractivity contribution in [3.8, 4) is 11.5 Å². The largest absolute Gasteiger partial charge is 0.489 e. The third-order valence-electron chi connectivity index (χ3n) is 2.90. The summed E-state index contributed by atoms with van der Waals surface area (Å²) in [6.07, 6.45) is 0.149. The minimum atomic E-state index is 0.149. The Bertz CT molecular complexity index is 496. The Morgan fingerprint density at radius 3 is 2.25 bits per heavy atom. The normalized spacial score (nSPS) is 11.9. The third-order valence-corrected chi connectivity index (χ3v) is 2.90. The molecule has 2 rings (SSSR count). The summed E-state index contributed by atoms with van der Waals surface area (Å²) in [6.45, 7) is 3.44. The fourth-order valence-electron chi connectivity index (χ4n) is 1.92. The molecule has 3 heteroatoms. The lowest BCUT2D eigenvalue weighted by molar-refractivity contribution is 0.220. The molecular weight excluding hydrogens is 250 g/mol. The van der Waals surface area contributed by atoms with Crippen molar-refractivity contribution >= 4 is 0 Å². The molecule has 0 heterocycles. The lowest BCUT2D eigenvalue weighted by atomic mass is 10.2. The van der Waals surface area contributed by atoms with Crippen LogP contribution in [-0.4, -0.2) is 19.7 Å². The van der Waals surface area contributed by atoms with Gasteiger partial charge >= 0.3 is 0 Å². The number of rotatable bonds is 7. The van der Waals surface area contributed by atoms with Crippen LogP contribution in [-0.2, 0) is 6.61 Å². The molecular formula is C17H21NO2. The van der Waals surface area contributed by atoms with E-state index in [1.807, 2.05) is 56.4 Å². The number of hydrogen-bond acceptors (Lipinski definition) is 3. The quantitative estimate of drug-likeness (QED) is 0.838. The molecule has 0 aliphatic rings. The molecule has 106 valence electrons. The highest BCUT2D eigenvalue weighted by Crippen LogP contribution is 2.19. The third kappa shape index (κ3) is 4.59. The first-order valence-corrected chi connectivity index (χ1v) is 6.86. The molecule has 1 unspecified atom stereocenters. The van der Waals surface area contributed by atoms with Crippen molar-refractivity contribution < 1.29 is 9.47 Å². The zero-order valence-electron chi connectivity index (χ0n) is 12.0. The van der Waals surface area contributed by atoms with Crippen molar-refractivity contribution in [3.05, 3.63) is 60.2 Å². The maximum absolute atomic E-state index is 5.75. The molecule has 0 aliphatic carbocycles. The van der Waals surface area contributed by atoms with Gasteiger partial charge in [-0.25, -0.2) is 0 Å². The summed E-state index contributed by atoms with van der Waals surface area (Å²) in [4.78, 5) is 0. The molecule has 0 aromatic heterocycles. The van der Waals surface area contributed by atoms with Crippen molar-refractivity contribution in [1.82, 2.24) is 5.32 Å². The standard InChI is InChI=1S/C17H21NO2/c1-14(12-18-2)20-17-10-8-16(9-11-17)19-13-15-6-4-3-5-7-15/h3-11,14,18H,12-13H2,1-2H3. The summed E-state index contributed by atoms with van der Waals surface area (Å²) in [6, 6.07) is 17.9. The van der Waals surface area contributed by atoms with E-state index >= 15 is 0 Å². The average molecular weight is 271 g/mol. The van der Waals surface area contributed by atoms with Crippen LogP contribution < -0.4 is 14.8 Å². The molecule has 2 aromatic carbocycles. The second kappa shape index (κ2) is 7.56. The van der Waals surface area contributed by atoms with Gasteiger partial charge in [0.25, 0.3) is 0 Å². The van der Waals surface area contributed by atoms with E-state index in [2.05, 4.69) is 17.4 Å². The summed E-state index contributed by atoms with van der Waals surface area (Å²) < 4.78 is 11.5. The molecule has 0 aliphatic heterocycles. The van der Waals surface area contributed by atoms with Gasteiger partial charge in [-0.1, -0.05) is 30.3 Å². The van der Waals surface area contributed by atoms with E-state index in [1.54, 1.807) is 0 Å². The van der Waals surface area contributed by atoms with Crippen molar-refractivity contribution in [3.63, 3.8) is 0 Å². The molecule has 3 nitrogen and oxygen atoms in total. The van der Waals surface area contributed by atoms with Crippen LogP contribution in [0.3, 0.4) is 0 Å². The topological polar surface area (TPSA) is 30.5 Å². The van der Waals surface area contributed by atoms with Crippen LogP contribution in [0.5, 0.6) is 11.5 Å². The number of benzene rings is 2. The number of ether oxygens (including phenoxy) is 2. The van der Waals surface area contributed by atoms with Gasteiger partial charge in [0, 0.05) is 6.54 Å². The Labute approximate surface area is 120 Å². The van der Waals surface area contributed by atoms with Crippen molar-refractivity contribution in [1.29, 1.82) is 0 Å². The van der Waals surface area contributed by atoms with Crippen LogP contribution in [0.1, 0.15) is 12.5 Å². The van der Waals surface area contributed by atoms with Crippen molar-refractivity contribution in [2.75, 3.05) is 13.6 Å². The fourth-order valence-corrected chi connectivity index (χ4v) is 1.92. The maximum Gasteiger partial charge on any atom is 0.120 e. The molecule has 0 radical (unpaired) electrons. The predicted molar refractivity (Wildman–Crippen MR) is 81.2 cm³/mol. The van der Waals surface area contributed by atoms with Crippen molar-refractivity contribution in [2.45, 2.75) is 19.6 Å². The molecule has 0 fully saturated rings. The Kier molecular flexibility index (Phi) is 5.44. The van der Waals surface area contributed by atoms with Crippen LogP contribution in [0.25, 0.3) is 0 Å². The molecule has 2 aromatic rings. The van der Waals surface area contributed by atoms with Crippen LogP contribution >= 0.6 is 0 Å². The number of nitrogens with one attached hydrogen (secondary N) is 1. The van der Waals surface area contributed by atoms with Crippen molar-refractivity contribution in [2.24, 2.45) is 0 Å². The summed E-state index contributed by atoms with van der Waals surface area (Å²) in [7, 11) is 1.92. The van der Waals surface area contributed by atoms with E-state index < -0.39 is 0 Å². The van der Waals surface area contributed by atoms with Gasteiger partial charge in [-0.05, 0) is 43.8 Å². The lowest BCUT2D eigenvalue weighted by Crippen LogP contribution is -2.25. The second-order valence-electron chi connectivity index (χ2n) is 4.73. The van der Waals surface area contributed by atoms with Crippen LogP contribution in [0, 0.1) is 0 Å². The smallest absolute Gasteiger partial charge is 0.120 e. The molecule has 20 heavy (non-hydrogen) atoms. The average Bonchev–Trinajstić information content (AvgIpc) is 2.48. The van der Waals surface area contributed by atoms with Gasteiger partial charge in [0.15, 0.2) is 0 Å². The van der Waals surface area contributed by atoms with E-state index in [9.17, 15) is 0 Å². The first-order valence-electron chi connectivity index (χ1n) is 6.86. The summed E-state index contributed by atoms with van der Waals surface area (Å²) >= 11 is 0. The van der Waals surface area contributed by atoms with Gasteiger partial charge in [-0.2, -0.15) is 0 Å². The highest BCUT2D eigenvalue weighted by Gasteiger charge is 2.03. The first kappa shape index (κ1) is 14.4. The van der Waals surface area contributed by atoms with Gasteiger partial charge in [0.1, 0.15) is 24.2 Å². The highest BCUT2D eigenvalue weighted by atomic mass is 16.5. The second-order valence-corrected chi connectivity index (χ2v) is 4.73. The van der Waals surface area contributed by atoms with E-state index in [4.69, 9.17) is 9.47 Å². The van der Waals surface area contributed by atoms with E-state index in [-0.39, 0.29) is 6.10 Å². The molecule has 0 bridgehead atoms.